The van der Waals surface area contributed by atoms with Crippen molar-refractivity contribution >= 4 is 17.2 Å². The Morgan fingerprint density at radius 3 is 2.52 bits per heavy atom. The third kappa shape index (κ3) is 4.29. The first kappa shape index (κ1) is 17.4. The molecule has 1 heterocycles. The Morgan fingerprint density at radius 2 is 2.00 bits per heavy atom. The number of halogens is 3. The van der Waals surface area contributed by atoms with E-state index in [9.17, 15) is 18.0 Å². The van der Waals surface area contributed by atoms with E-state index in [1.807, 2.05) is 0 Å². The molecule has 0 bridgehead atoms. The third-order valence-corrected chi connectivity index (χ3v) is 4.23. The van der Waals surface area contributed by atoms with Crippen LogP contribution in [0.5, 0.6) is 0 Å². The van der Waals surface area contributed by atoms with Crippen molar-refractivity contribution in [2.75, 3.05) is 0 Å². The molecule has 0 aliphatic carbocycles. The van der Waals surface area contributed by atoms with Crippen LogP contribution in [0.25, 0.3) is 0 Å². The molecule has 0 aliphatic rings. The van der Waals surface area contributed by atoms with Gasteiger partial charge in [0.1, 0.15) is 11.0 Å². The number of hydrogen-bond donors (Lipinski definition) is 2. The molecule has 1 amide bonds. The first-order chi connectivity index (χ1) is 10.8. The van der Waals surface area contributed by atoms with Crippen molar-refractivity contribution in [1.82, 2.24) is 10.3 Å². The minimum atomic E-state index is -4.49. The highest BCUT2D eigenvalue weighted by Gasteiger charge is 2.34. The van der Waals surface area contributed by atoms with Crippen LogP contribution >= 0.6 is 11.3 Å². The number of amides is 1. The number of rotatable bonds is 5. The predicted molar refractivity (Wildman–Crippen MR) is 81.7 cm³/mol. The molecule has 2 rings (SSSR count). The standard InChI is InChI=1S/C15H16F3N3OS/c1-2-10(14-21-11(8-23-14)15(16,17)18)20-13(22)12(19)9-6-4-3-5-7-9/h3-8,10,12H,2,19H2,1H3,(H,20,22). The van der Waals surface area contributed by atoms with Crippen LogP contribution in [0.15, 0.2) is 35.7 Å². The second-order valence-electron chi connectivity index (χ2n) is 4.93. The highest BCUT2D eigenvalue weighted by molar-refractivity contribution is 7.09. The predicted octanol–water partition coefficient (Wildman–Crippen LogP) is 3.43. The van der Waals surface area contributed by atoms with Gasteiger partial charge >= 0.3 is 6.18 Å². The van der Waals surface area contributed by atoms with E-state index < -0.39 is 29.9 Å². The molecule has 124 valence electrons. The van der Waals surface area contributed by atoms with Crippen molar-refractivity contribution < 1.29 is 18.0 Å². The quantitative estimate of drug-likeness (QED) is 0.874. The molecule has 4 nitrogen and oxygen atoms in total. The molecule has 0 saturated carbocycles. The number of benzene rings is 1. The molecule has 0 aliphatic heterocycles. The van der Waals surface area contributed by atoms with Gasteiger partial charge < -0.3 is 11.1 Å². The summed E-state index contributed by atoms with van der Waals surface area (Å²) in [5, 5.41) is 3.82. The third-order valence-electron chi connectivity index (χ3n) is 3.28. The molecule has 0 fully saturated rings. The number of nitrogens with one attached hydrogen (secondary N) is 1. The summed E-state index contributed by atoms with van der Waals surface area (Å²) in [7, 11) is 0. The molecule has 0 spiro atoms. The van der Waals surface area contributed by atoms with E-state index in [1.54, 1.807) is 37.3 Å². The number of hydrogen-bond acceptors (Lipinski definition) is 4. The molecule has 8 heteroatoms. The maximum Gasteiger partial charge on any atom is 0.434 e. The lowest BCUT2D eigenvalue weighted by atomic mass is 10.1. The highest BCUT2D eigenvalue weighted by Crippen LogP contribution is 2.32. The largest absolute Gasteiger partial charge is 0.434 e. The zero-order chi connectivity index (χ0) is 17.0. The van der Waals surface area contributed by atoms with Crippen molar-refractivity contribution in [2.24, 2.45) is 5.73 Å². The van der Waals surface area contributed by atoms with Gasteiger partial charge in [-0.05, 0) is 12.0 Å². The topological polar surface area (TPSA) is 68.0 Å². The van der Waals surface area contributed by atoms with Crippen LogP contribution in [0, 0.1) is 0 Å². The summed E-state index contributed by atoms with van der Waals surface area (Å²) >= 11 is 0.872. The van der Waals surface area contributed by atoms with Crippen LogP contribution in [0.1, 0.15) is 41.7 Å². The van der Waals surface area contributed by atoms with Gasteiger partial charge in [-0.3, -0.25) is 4.79 Å². The van der Waals surface area contributed by atoms with Crippen LogP contribution in [0.2, 0.25) is 0 Å². The molecule has 0 saturated heterocycles. The van der Waals surface area contributed by atoms with Crippen molar-refractivity contribution in [3.8, 4) is 0 Å². The Hall–Kier alpha value is -1.93. The number of alkyl halides is 3. The van der Waals surface area contributed by atoms with E-state index >= 15 is 0 Å². The Balaban J connectivity index is 2.10. The van der Waals surface area contributed by atoms with Crippen LogP contribution in [-0.4, -0.2) is 10.9 Å². The lowest BCUT2D eigenvalue weighted by Crippen LogP contribution is -2.36. The van der Waals surface area contributed by atoms with E-state index in [-0.39, 0.29) is 5.01 Å². The van der Waals surface area contributed by atoms with Gasteiger partial charge in [0.05, 0.1) is 6.04 Å². The van der Waals surface area contributed by atoms with Gasteiger partial charge in [-0.2, -0.15) is 13.2 Å². The number of nitrogens with two attached hydrogens (primary N) is 1. The number of thiazole rings is 1. The van der Waals surface area contributed by atoms with Crippen molar-refractivity contribution in [3.63, 3.8) is 0 Å². The molecule has 0 radical (unpaired) electrons. The van der Waals surface area contributed by atoms with Gasteiger partial charge in [-0.25, -0.2) is 4.98 Å². The van der Waals surface area contributed by atoms with Gasteiger partial charge in [0.25, 0.3) is 0 Å². The van der Waals surface area contributed by atoms with Gasteiger partial charge in [0.2, 0.25) is 5.91 Å². The van der Waals surface area contributed by atoms with E-state index in [2.05, 4.69) is 10.3 Å². The zero-order valence-electron chi connectivity index (χ0n) is 12.3. The summed E-state index contributed by atoms with van der Waals surface area (Å²) < 4.78 is 37.9. The number of nitrogens with zero attached hydrogens (tertiary/aromatic N) is 1. The smallest absolute Gasteiger partial charge is 0.345 e. The fourth-order valence-corrected chi connectivity index (χ4v) is 2.95. The second kappa shape index (κ2) is 7.10. The van der Waals surface area contributed by atoms with E-state index in [4.69, 9.17) is 5.73 Å². The lowest BCUT2D eigenvalue weighted by Gasteiger charge is -2.18. The maximum absolute atomic E-state index is 12.6. The lowest BCUT2D eigenvalue weighted by molar-refractivity contribution is -0.140. The van der Waals surface area contributed by atoms with Gasteiger partial charge in [0, 0.05) is 5.38 Å². The van der Waals surface area contributed by atoms with Crippen molar-refractivity contribution in [1.29, 1.82) is 0 Å². The van der Waals surface area contributed by atoms with Crippen molar-refractivity contribution in [2.45, 2.75) is 31.6 Å². The average Bonchev–Trinajstić information content (AvgIpc) is 3.02. The first-order valence-corrected chi connectivity index (χ1v) is 7.84. The molecule has 23 heavy (non-hydrogen) atoms. The summed E-state index contributed by atoms with van der Waals surface area (Å²) in [6.07, 6.45) is -4.07. The average molecular weight is 343 g/mol. The summed E-state index contributed by atoms with van der Waals surface area (Å²) in [6.45, 7) is 1.76. The number of carbonyl (C=O) groups excluding carboxylic acids is 1. The summed E-state index contributed by atoms with van der Waals surface area (Å²) in [5.74, 6) is -0.452. The normalized spacial score (nSPS) is 14.3. The molecule has 1 aromatic heterocycles. The van der Waals surface area contributed by atoms with Crippen LogP contribution in [0.3, 0.4) is 0 Å². The number of aromatic nitrogens is 1. The van der Waals surface area contributed by atoms with Crippen LogP contribution < -0.4 is 11.1 Å². The Labute approximate surface area is 135 Å². The van der Waals surface area contributed by atoms with E-state index in [1.165, 1.54) is 0 Å². The maximum atomic E-state index is 12.6. The van der Waals surface area contributed by atoms with Crippen molar-refractivity contribution in [3.05, 3.63) is 52.0 Å². The minimum absolute atomic E-state index is 0.216. The van der Waals surface area contributed by atoms with Gasteiger partial charge in [0.15, 0.2) is 5.69 Å². The molecular weight excluding hydrogens is 327 g/mol. The zero-order valence-corrected chi connectivity index (χ0v) is 13.1. The molecule has 2 atom stereocenters. The molecule has 3 N–H and O–H groups in total. The molecule has 2 aromatic rings. The summed E-state index contributed by atoms with van der Waals surface area (Å²) in [5.41, 5.74) is 5.57. The Morgan fingerprint density at radius 1 is 1.35 bits per heavy atom. The summed E-state index contributed by atoms with van der Waals surface area (Å²) in [6, 6.07) is 7.28. The summed E-state index contributed by atoms with van der Waals surface area (Å²) in [4.78, 5) is 15.8. The van der Waals surface area contributed by atoms with Gasteiger partial charge in [-0.15, -0.1) is 11.3 Å². The Kier molecular flexibility index (Phi) is 5.38. The first-order valence-electron chi connectivity index (χ1n) is 6.96. The van der Waals surface area contributed by atoms with Crippen LogP contribution in [0.4, 0.5) is 13.2 Å². The minimum Gasteiger partial charge on any atom is -0.345 e. The number of carbonyl (C=O) groups is 1. The van der Waals surface area contributed by atoms with Gasteiger partial charge in [-0.1, -0.05) is 37.3 Å². The SMILES string of the molecule is CCC(NC(=O)C(N)c1ccccc1)c1nc(C(F)(F)F)cs1. The fraction of sp³-hybridized carbons (Fsp3) is 0.333. The van der Waals surface area contributed by atoms with Crippen LogP contribution in [-0.2, 0) is 11.0 Å². The molecular formula is C15H16F3N3OS. The van der Waals surface area contributed by atoms with E-state index in [0.29, 0.717) is 12.0 Å². The Bertz CT molecular complexity index is 657. The second-order valence-corrected chi connectivity index (χ2v) is 5.82. The fourth-order valence-electron chi connectivity index (χ4n) is 1.99. The molecule has 1 aromatic carbocycles. The molecule has 2 unspecified atom stereocenters. The highest BCUT2D eigenvalue weighted by atomic mass is 32.1. The monoisotopic (exact) mass is 343 g/mol. The van der Waals surface area contributed by atoms with E-state index in [0.717, 1.165) is 16.7 Å².